The molecule has 1 aliphatic heterocycles. The van der Waals surface area contributed by atoms with E-state index in [0.717, 1.165) is 18.7 Å². The fourth-order valence-electron chi connectivity index (χ4n) is 2.81. The second-order valence-electron chi connectivity index (χ2n) is 5.81. The van der Waals surface area contributed by atoms with E-state index >= 15 is 0 Å². The van der Waals surface area contributed by atoms with E-state index in [4.69, 9.17) is 9.47 Å². The Morgan fingerprint density at radius 1 is 1.04 bits per heavy atom. The molecule has 3 rings (SSSR count). The zero-order valence-corrected chi connectivity index (χ0v) is 15.0. The Morgan fingerprint density at radius 2 is 1.73 bits per heavy atom. The van der Waals surface area contributed by atoms with Gasteiger partial charge < -0.3 is 19.3 Å². The number of nitrogens with zero attached hydrogens (tertiary/aromatic N) is 4. The van der Waals surface area contributed by atoms with Crippen LogP contribution in [0.2, 0.25) is 0 Å². The van der Waals surface area contributed by atoms with Gasteiger partial charge >= 0.3 is 0 Å². The fourth-order valence-corrected chi connectivity index (χ4v) is 2.81. The monoisotopic (exact) mass is 354 g/mol. The molecule has 2 heterocycles. The van der Waals surface area contributed by atoms with E-state index in [2.05, 4.69) is 14.9 Å². The summed E-state index contributed by atoms with van der Waals surface area (Å²) in [6.07, 6.45) is 6.84. The molecule has 1 aromatic heterocycles. The molecule has 0 spiro atoms. The zero-order chi connectivity index (χ0) is 18.4. The lowest BCUT2D eigenvalue weighted by molar-refractivity contribution is -0.126. The highest BCUT2D eigenvalue weighted by atomic mass is 16.5. The van der Waals surface area contributed by atoms with Crippen molar-refractivity contribution in [2.24, 2.45) is 0 Å². The minimum atomic E-state index is -0.00610. The number of methoxy groups -OCH3 is 2. The molecule has 7 nitrogen and oxygen atoms in total. The molecule has 136 valence electrons. The Hall–Kier alpha value is -3.09. The van der Waals surface area contributed by atoms with Gasteiger partial charge in [0.1, 0.15) is 0 Å². The number of amides is 1. The summed E-state index contributed by atoms with van der Waals surface area (Å²) in [6.45, 7) is 2.74. The maximum absolute atomic E-state index is 12.4. The standard InChI is InChI=1S/C19H22N4O3/c1-25-16-6-4-15(14-17(16)26-2)5-7-18(24)22-10-12-23(13-11-22)19-20-8-3-9-21-19/h3-9,14H,10-13H2,1-2H3. The molecule has 26 heavy (non-hydrogen) atoms. The van der Waals surface area contributed by atoms with Crippen LogP contribution in [-0.4, -0.2) is 61.2 Å². The number of piperazine rings is 1. The minimum Gasteiger partial charge on any atom is -0.493 e. The van der Waals surface area contributed by atoms with Gasteiger partial charge in [-0.3, -0.25) is 4.79 Å². The molecule has 1 saturated heterocycles. The molecule has 0 unspecified atom stereocenters. The van der Waals surface area contributed by atoms with Crippen LogP contribution < -0.4 is 14.4 Å². The number of hydrogen-bond donors (Lipinski definition) is 0. The average Bonchev–Trinajstić information content (AvgIpc) is 2.72. The molecule has 0 atom stereocenters. The Balaban J connectivity index is 1.58. The topological polar surface area (TPSA) is 67.8 Å². The first-order valence-electron chi connectivity index (χ1n) is 8.42. The quantitative estimate of drug-likeness (QED) is 0.764. The summed E-state index contributed by atoms with van der Waals surface area (Å²) in [6, 6.07) is 7.34. The second-order valence-corrected chi connectivity index (χ2v) is 5.81. The third kappa shape index (κ3) is 4.11. The fraction of sp³-hybridized carbons (Fsp3) is 0.316. The maximum Gasteiger partial charge on any atom is 0.246 e. The predicted molar refractivity (Wildman–Crippen MR) is 99.4 cm³/mol. The van der Waals surface area contributed by atoms with Crippen LogP contribution in [-0.2, 0) is 4.79 Å². The summed E-state index contributed by atoms with van der Waals surface area (Å²) in [4.78, 5) is 24.8. The van der Waals surface area contributed by atoms with Crippen molar-refractivity contribution < 1.29 is 14.3 Å². The van der Waals surface area contributed by atoms with Crippen LogP contribution in [0.5, 0.6) is 11.5 Å². The number of carbonyl (C=O) groups excluding carboxylic acids is 1. The molecule has 1 fully saturated rings. The van der Waals surface area contributed by atoms with Gasteiger partial charge in [-0.25, -0.2) is 9.97 Å². The summed E-state index contributed by atoms with van der Waals surface area (Å²) in [5.74, 6) is 2.00. The van der Waals surface area contributed by atoms with Crippen LogP contribution in [0.15, 0.2) is 42.7 Å². The smallest absolute Gasteiger partial charge is 0.246 e. The highest BCUT2D eigenvalue weighted by molar-refractivity contribution is 5.92. The van der Waals surface area contributed by atoms with Crippen LogP contribution in [0.3, 0.4) is 0 Å². The second kappa shape index (κ2) is 8.33. The number of ether oxygens (including phenoxy) is 2. The number of anilines is 1. The van der Waals surface area contributed by atoms with Crippen molar-refractivity contribution in [3.05, 3.63) is 48.3 Å². The van der Waals surface area contributed by atoms with Crippen molar-refractivity contribution in [3.8, 4) is 11.5 Å². The average molecular weight is 354 g/mol. The number of rotatable bonds is 5. The van der Waals surface area contributed by atoms with Crippen molar-refractivity contribution in [1.82, 2.24) is 14.9 Å². The molecule has 1 aliphatic rings. The zero-order valence-electron chi connectivity index (χ0n) is 15.0. The summed E-state index contributed by atoms with van der Waals surface area (Å²) >= 11 is 0. The van der Waals surface area contributed by atoms with Crippen molar-refractivity contribution in [1.29, 1.82) is 0 Å². The van der Waals surface area contributed by atoms with Gasteiger partial charge in [0.2, 0.25) is 11.9 Å². The number of aromatic nitrogens is 2. The molecule has 1 aromatic carbocycles. The maximum atomic E-state index is 12.4. The van der Waals surface area contributed by atoms with Gasteiger partial charge in [-0.05, 0) is 29.8 Å². The summed E-state index contributed by atoms with van der Waals surface area (Å²) < 4.78 is 10.5. The van der Waals surface area contributed by atoms with Crippen LogP contribution in [0, 0.1) is 0 Å². The first-order chi connectivity index (χ1) is 12.7. The van der Waals surface area contributed by atoms with Crippen LogP contribution >= 0.6 is 0 Å². The summed E-state index contributed by atoms with van der Waals surface area (Å²) in [5.41, 5.74) is 0.882. The Labute approximate surface area is 152 Å². The van der Waals surface area contributed by atoms with Gasteiger partial charge in [0.25, 0.3) is 0 Å². The van der Waals surface area contributed by atoms with E-state index in [9.17, 15) is 4.79 Å². The lowest BCUT2D eigenvalue weighted by atomic mass is 10.2. The van der Waals surface area contributed by atoms with Crippen LogP contribution in [0.1, 0.15) is 5.56 Å². The summed E-state index contributed by atoms with van der Waals surface area (Å²) in [5, 5.41) is 0. The van der Waals surface area contributed by atoms with Crippen LogP contribution in [0.25, 0.3) is 6.08 Å². The van der Waals surface area contributed by atoms with E-state index in [1.54, 1.807) is 44.8 Å². The highest BCUT2D eigenvalue weighted by Gasteiger charge is 2.21. The van der Waals surface area contributed by atoms with E-state index in [0.29, 0.717) is 30.5 Å². The minimum absolute atomic E-state index is 0.00610. The number of benzene rings is 1. The molecular weight excluding hydrogens is 332 g/mol. The van der Waals surface area contributed by atoms with E-state index in [-0.39, 0.29) is 5.91 Å². The van der Waals surface area contributed by atoms with Crippen molar-refractivity contribution in [3.63, 3.8) is 0 Å². The van der Waals surface area contributed by atoms with E-state index < -0.39 is 0 Å². The van der Waals surface area contributed by atoms with Gasteiger partial charge in [-0.2, -0.15) is 0 Å². The van der Waals surface area contributed by atoms with Crippen molar-refractivity contribution in [2.75, 3.05) is 45.3 Å². The first kappa shape index (κ1) is 17.7. The van der Waals surface area contributed by atoms with Gasteiger partial charge in [-0.1, -0.05) is 6.07 Å². The van der Waals surface area contributed by atoms with Gasteiger partial charge in [0.05, 0.1) is 14.2 Å². The Kier molecular flexibility index (Phi) is 5.68. The number of carbonyl (C=O) groups is 1. The molecule has 1 amide bonds. The first-order valence-corrected chi connectivity index (χ1v) is 8.42. The third-order valence-electron chi connectivity index (χ3n) is 4.25. The Bertz CT molecular complexity index is 772. The molecule has 0 bridgehead atoms. The predicted octanol–water partition coefficient (Wildman–Crippen LogP) is 1.86. The van der Waals surface area contributed by atoms with Gasteiger partial charge in [0, 0.05) is 44.6 Å². The lowest BCUT2D eigenvalue weighted by Gasteiger charge is -2.34. The molecule has 0 N–H and O–H groups in total. The highest BCUT2D eigenvalue weighted by Crippen LogP contribution is 2.28. The van der Waals surface area contributed by atoms with E-state index in [1.807, 2.05) is 23.1 Å². The van der Waals surface area contributed by atoms with Crippen molar-refractivity contribution in [2.45, 2.75) is 0 Å². The Morgan fingerprint density at radius 3 is 2.38 bits per heavy atom. The largest absolute Gasteiger partial charge is 0.493 e. The molecule has 0 radical (unpaired) electrons. The summed E-state index contributed by atoms with van der Waals surface area (Å²) in [7, 11) is 3.18. The van der Waals surface area contributed by atoms with Crippen molar-refractivity contribution >= 4 is 17.9 Å². The molecule has 7 heteroatoms. The molecule has 2 aromatic rings. The molecular formula is C19H22N4O3. The van der Waals surface area contributed by atoms with Gasteiger partial charge in [-0.15, -0.1) is 0 Å². The SMILES string of the molecule is COc1ccc(C=CC(=O)N2CCN(c3ncccn3)CC2)cc1OC. The third-order valence-corrected chi connectivity index (χ3v) is 4.25. The van der Waals surface area contributed by atoms with Gasteiger partial charge in [0.15, 0.2) is 11.5 Å². The lowest BCUT2D eigenvalue weighted by Crippen LogP contribution is -2.48. The molecule has 0 aliphatic carbocycles. The number of hydrogen-bond acceptors (Lipinski definition) is 6. The van der Waals surface area contributed by atoms with Crippen LogP contribution in [0.4, 0.5) is 5.95 Å². The normalized spacial score (nSPS) is 14.5. The molecule has 0 saturated carbocycles. The van der Waals surface area contributed by atoms with E-state index in [1.165, 1.54) is 0 Å².